The van der Waals surface area contributed by atoms with Gasteiger partial charge in [-0.25, -0.2) is 0 Å². The monoisotopic (exact) mass is 321 g/mol. The standard InChI is InChI=1S/C19H19N3O2/c23-18(10-15-12-20-17-9-5-4-8-16(15)17)22-13-19(24)21-11-14-6-2-1-3-7-14/h1-9,12,20H,10-11,13H2,(H,21,24)(H,22,23). The Morgan fingerprint density at radius 3 is 2.46 bits per heavy atom. The molecule has 0 bridgehead atoms. The van der Waals surface area contributed by atoms with E-state index in [4.69, 9.17) is 0 Å². The highest BCUT2D eigenvalue weighted by molar-refractivity contribution is 5.90. The van der Waals surface area contributed by atoms with Gasteiger partial charge < -0.3 is 15.6 Å². The molecule has 0 aliphatic rings. The van der Waals surface area contributed by atoms with E-state index in [2.05, 4.69) is 15.6 Å². The van der Waals surface area contributed by atoms with Crippen LogP contribution in [-0.2, 0) is 22.6 Å². The second-order valence-corrected chi connectivity index (χ2v) is 5.58. The largest absolute Gasteiger partial charge is 0.361 e. The van der Waals surface area contributed by atoms with E-state index >= 15 is 0 Å². The van der Waals surface area contributed by atoms with Crippen LogP contribution in [0.1, 0.15) is 11.1 Å². The topological polar surface area (TPSA) is 74.0 Å². The highest BCUT2D eigenvalue weighted by Gasteiger charge is 2.09. The van der Waals surface area contributed by atoms with Crippen LogP contribution in [0.3, 0.4) is 0 Å². The van der Waals surface area contributed by atoms with Gasteiger partial charge in [-0.15, -0.1) is 0 Å². The number of carbonyl (C=O) groups is 2. The molecule has 3 N–H and O–H groups in total. The lowest BCUT2D eigenvalue weighted by Gasteiger charge is -2.07. The SMILES string of the molecule is O=C(CNC(=O)Cc1c[nH]c2ccccc12)NCc1ccccc1. The molecule has 3 rings (SSSR count). The number of carbonyl (C=O) groups excluding carboxylic acids is 2. The number of nitrogens with one attached hydrogen (secondary N) is 3. The molecule has 0 saturated heterocycles. The molecule has 2 amide bonds. The molecule has 0 unspecified atom stereocenters. The molecule has 2 aromatic carbocycles. The highest BCUT2D eigenvalue weighted by Crippen LogP contribution is 2.17. The Bertz CT molecular complexity index is 840. The Kier molecular flexibility index (Phi) is 4.91. The minimum atomic E-state index is -0.203. The summed E-state index contributed by atoms with van der Waals surface area (Å²) in [6.07, 6.45) is 2.08. The van der Waals surface area contributed by atoms with Crippen LogP contribution in [0.2, 0.25) is 0 Å². The molecule has 0 aliphatic heterocycles. The van der Waals surface area contributed by atoms with E-state index in [1.165, 1.54) is 0 Å². The summed E-state index contributed by atoms with van der Waals surface area (Å²) >= 11 is 0. The Morgan fingerprint density at radius 1 is 0.875 bits per heavy atom. The summed E-state index contributed by atoms with van der Waals surface area (Å²) in [5, 5.41) is 6.47. The van der Waals surface area contributed by atoms with Crippen LogP contribution >= 0.6 is 0 Å². The Labute approximate surface area is 140 Å². The molecule has 122 valence electrons. The molecule has 5 nitrogen and oxygen atoms in total. The molecule has 1 aromatic heterocycles. The van der Waals surface area contributed by atoms with Crippen LogP contribution in [0.15, 0.2) is 60.8 Å². The quantitative estimate of drug-likeness (QED) is 0.651. The van der Waals surface area contributed by atoms with Gasteiger partial charge in [-0.2, -0.15) is 0 Å². The number of fused-ring (bicyclic) bond motifs is 1. The second-order valence-electron chi connectivity index (χ2n) is 5.58. The summed E-state index contributed by atoms with van der Waals surface area (Å²) in [7, 11) is 0. The minimum absolute atomic E-state index is 0.0198. The summed E-state index contributed by atoms with van der Waals surface area (Å²) in [5.41, 5.74) is 2.95. The zero-order valence-electron chi connectivity index (χ0n) is 13.2. The van der Waals surface area contributed by atoms with Crippen molar-refractivity contribution in [2.45, 2.75) is 13.0 Å². The third kappa shape index (κ3) is 4.01. The Balaban J connectivity index is 1.46. The third-order valence-electron chi connectivity index (χ3n) is 3.80. The first-order valence-corrected chi connectivity index (χ1v) is 7.84. The maximum absolute atomic E-state index is 12.0. The average molecular weight is 321 g/mol. The fourth-order valence-electron chi connectivity index (χ4n) is 2.55. The number of para-hydroxylation sites is 1. The van der Waals surface area contributed by atoms with Gasteiger partial charge in [-0.1, -0.05) is 48.5 Å². The first kappa shape index (κ1) is 15.8. The number of hydrogen-bond donors (Lipinski definition) is 3. The summed E-state index contributed by atoms with van der Waals surface area (Å²) in [4.78, 5) is 27.0. The van der Waals surface area contributed by atoms with E-state index in [-0.39, 0.29) is 24.8 Å². The van der Waals surface area contributed by atoms with Gasteiger partial charge in [0.2, 0.25) is 11.8 Å². The van der Waals surface area contributed by atoms with Gasteiger partial charge in [0.05, 0.1) is 13.0 Å². The van der Waals surface area contributed by atoms with E-state index in [1.807, 2.05) is 60.8 Å². The smallest absolute Gasteiger partial charge is 0.239 e. The van der Waals surface area contributed by atoms with Crippen LogP contribution in [0, 0.1) is 0 Å². The van der Waals surface area contributed by atoms with Crippen LogP contribution in [-0.4, -0.2) is 23.3 Å². The average Bonchev–Trinajstić information content (AvgIpc) is 3.02. The Morgan fingerprint density at radius 2 is 1.62 bits per heavy atom. The van der Waals surface area contributed by atoms with Crippen molar-refractivity contribution in [3.05, 3.63) is 71.9 Å². The molecular weight excluding hydrogens is 302 g/mol. The fraction of sp³-hybridized carbons (Fsp3) is 0.158. The van der Waals surface area contributed by atoms with E-state index in [1.54, 1.807) is 0 Å². The van der Waals surface area contributed by atoms with Gasteiger partial charge in [0.1, 0.15) is 0 Å². The van der Waals surface area contributed by atoms with Crippen molar-refractivity contribution in [3.8, 4) is 0 Å². The number of aromatic amines is 1. The number of H-pyrrole nitrogens is 1. The zero-order valence-corrected chi connectivity index (χ0v) is 13.2. The summed E-state index contributed by atoms with van der Waals surface area (Å²) in [5.74, 6) is -0.374. The molecule has 0 radical (unpaired) electrons. The predicted octanol–water partition coefficient (Wildman–Crippen LogP) is 2.14. The molecule has 0 spiro atoms. The van der Waals surface area contributed by atoms with Crippen LogP contribution in [0.4, 0.5) is 0 Å². The molecular formula is C19H19N3O2. The maximum atomic E-state index is 12.0. The fourth-order valence-corrected chi connectivity index (χ4v) is 2.55. The first-order valence-electron chi connectivity index (χ1n) is 7.84. The van der Waals surface area contributed by atoms with E-state index in [9.17, 15) is 9.59 Å². The molecule has 5 heteroatoms. The minimum Gasteiger partial charge on any atom is -0.361 e. The van der Waals surface area contributed by atoms with Gasteiger partial charge in [-0.3, -0.25) is 9.59 Å². The molecule has 1 heterocycles. The lowest BCUT2D eigenvalue weighted by atomic mass is 10.1. The van der Waals surface area contributed by atoms with E-state index in [0.29, 0.717) is 6.54 Å². The van der Waals surface area contributed by atoms with Crippen molar-refractivity contribution in [2.75, 3.05) is 6.54 Å². The number of benzene rings is 2. The summed E-state index contributed by atoms with van der Waals surface area (Å²) in [6, 6.07) is 17.5. The van der Waals surface area contributed by atoms with Crippen molar-refractivity contribution in [1.29, 1.82) is 0 Å². The molecule has 0 aliphatic carbocycles. The van der Waals surface area contributed by atoms with Gasteiger partial charge in [0, 0.05) is 23.6 Å². The molecule has 0 fully saturated rings. The van der Waals surface area contributed by atoms with Crippen LogP contribution in [0.5, 0.6) is 0 Å². The van der Waals surface area contributed by atoms with Crippen LogP contribution < -0.4 is 10.6 Å². The third-order valence-corrected chi connectivity index (χ3v) is 3.80. The molecule has 3 aromatic rings. The molecule has 0 atom stereocenters. The van der Waals surface area contributed by atoms with Crippen molar-refractivity contribution >= 4 is 22.7 Å². The van der Waals surface area contributed by atoms with Gasteiger partial charge in [0.25, 0.3) is 0 Å². The van der Waals surface area contributed by atoms with Crippen LogP contribution in [0.25, 0.3) is 10.9 Å². The number of aromatic nitrogens is 1. The van der Waals surface area contributed by atoms with Crippen molar-refractivity contribution in [1.82, 2.24) is 15.6 Å². The Hall–Kier alpha value is -3.08. The zero-order chi connectivity index (χ0) is 16.8. The normalized spacial score (nSPS) is 10.5. The van der Waals surface area contributed by atoms with Gasteiger partial charge in [-0.05, 0) is 17.2 Å². The van der Waals surface area contributed by atoms with Crippen molar-refractivity contribution in [3.63, 3.8) is 0 Å². The van der Waals surface area contributed by atoms with E-state index < -0.39 is 0 Å². The highest BCUT2D eigenvalue weighted by atomic mass is 16.2. The summed E-state index contributed by atoms with van der Waals surface area (Å²) in [6.45, 7) is 0.437. The number of hydrogen-bond acceptors (Lipinski definition) is 2. The second kappa shape index (κ2) is 7.46. The van der Waals surface area contributed by atoms with Gasteiger partial charge in [0.15, 0.2) is 0 Å². The summed E-state index contributed by atoms with van der Waals surface area (Å²) < 4.78 is 0. The first-order chi connectivity index (χ1) is 11.7. The van der Waals surface area contributed by atoms with E-state index in [0.717, 1.165) is 22.0 Å². The maximum Gasteiger partial charge on any atom is 0.239 e. The number of amides is 2. The lowest BCUT2D eigenvalue weighted by molar-refractivity contribution is -0.125. The number of rotatable bonds is 6. The van der Waals surface area contributed by atoms with Crippen molar-refractivity contribution < 1.29 is 9.59 Å². The molecule has 24 heavy (non-hydrogen) atoms. The van der Waals surface area contributed by atoms with Crippen molar-refractivity contribution in [2.24, 2.45) is 0 Å². The van der Waals surface area contributed by atoms with Gasteiger partial charge >= 0.3 is 0 Å². The predicted molar refractivity (Wildman–Crippen MR) is 93.3 cm³/mol. The lowest BCUT2D eigenvalue weighted by Crippen LogP contribution is -2.37. The molecule has 0 saturated carbocycles.